The Kier molecular flexibility index (Phi) is 3.97. The number of carbonyl (C=O) groups excluding carboxylic acids is 1. The summed E-state index contributed by atoms with van der Waals surface area (Å²) in [4.78, 5) is 19.0. The number of alkyl halides is 3. The molecule has 0 unspecified atom stereocenters. The Morgan fingerprint density at radius 1 is 1.37 bits per heavy atom. The lowest BCUT2D eigenvalue weighted by molar-refractivity contribution is -0.137. The van der Waals surface area contributed by atoms with Crippen LogP contribution in [0.3, 0.4) is 0 Å². The van der Waals surface area contributed by atoms with E-state index in [9.17, 15) is 18.0 Å². The van der Waals surface area contributed by atoms with Crippen LogP contribution in [0.1, 0.15) is 42.5 Å². The van der Waals surface area contributed by atoms with Crippen molar-refractivity contribution in [3.8, 4) is 0 Å². The van der Waals surface area contributed by atoms with Gasteiger partial charge in [0.05, 0.1) is 23.3 Å². The third kappa shape index (κ3) is 3.40. The molecule has 2 saturated carbocycles. The Morgan fingerprint density at radius 3 is 2.67 bits per heavy atom. The zero-order valence-corrected chi connectivity index (χ0v) is 14.4. The number of nitrogens with two attached hydrogens (primary N) is 1. The maximum absolute atomic E-state index is 13.0. The monoisotopic (exact) mass is 381 g/mol. The summed E-state index contributed by atoms with van der Waals surface area (Å²) in [5, 5.41) is 9.97. The molecule has 2 atom stereocenters. The highest BCUT2D eigenvalue weighted by Crippen LogP contribution is 2.47. The molecule has 2 aromatic rings. The van der Waals surface area contributed by atoms with Crippen molar-refractivity contribution >= 4 is 23.4 Å². The van der Waals surface area contributed by atoms with E-state index < -0.39 is 11.7 Å². The topological polar surface area (TPSA) is 111 Å². The van der Waals surface area contributed by atoms with E-state index in [0.29, 0.717) is 12.1 Å². The van der Waals surface area contributed by atoms with E-state index in [1.165, 1.54) is 7.05 Å². The van der Waals surface area contributed by atoms with Gasteiger partial charge >= 0.3 is 6.18 Å². The molecule has 0 spiro atoms. The van der Waals surface area contributed by atoms with Crippen molar-refractivity contribution in [3.05, 3.63) is 23.7 Å². The zero-order valence-electron chi connectivity index (χ0n) is 14.4. The molecule has 4 rings (SSSR count). The minimum atomic E-state index is -4.54. The van der Waals surface area contributed by atoms with Crippen molar-refractivity contribution in [2.24, 2.45) is 11.7 Å². The summed E-state index contributed by atoms with van der Waals surface area (Å²) < 4.78 is 40.6. The van der Waals surface area contributed by atoms with Gasteiger partial charge in [0, 0.05) is 25.4 Å². The van der Waals surface area contributed by atoms with E-state index >= 15 is 0 Å². The number of nitrogens with zero attached hydrogens (tertiary/aromatic N) is 4. The Hall–Kier alpha value is -2.85. The lowest BCUT2D eigenvalue weighted by Gasteiger charge is -2.12. The Morgan fingerprint density at radius 2 is 2.11 bits per heavy atom. The van der Waals surface area contributed by atoms with Gasteiger partial charge in [-0.2, -0.15) is 23.3 Å². The van der Waals surface area contributed by atoms with Gasteiger partial charge < -0.3 is 16.4 Å². The Labute approximate surface area is 152 Å². The number of hydrogen-bond acceptors (Lipinski definition) is 6. The number of hydrogen-bond donors (Lipinski definition) is 3. The van der Waals surface area contributed by atoms with Gasteiger partial charge in [0.1, 0.15) is 11.4 Å². The number of halogens is 3. The van der Waals surface area contributed by atoms with Crippen molar-refractivity contribution < 1.29 is 18.0 Å². The summed E-state index contributed by atoms with van der Waals surface area (Å²) in [6, 6.07) is -0.0723. The second kappa shape index (κ2) is 6.10. The SMILES string of the molecule is CNc1nc(Nc2cn([C@@H]3C[C@@H]3C(N)=O)nc2C2CC2)ncc1C(F)(F)F. The first-order valence-corrected chi connectivity index (χ1v) is 8.55. The van der Waals surface area contributed by atoms with Crippen LogP contribution in [0.5, 0.6) is 0 Å². The maximum atomic E-state index is 13.0. The summed E-state index contributed by atoms with van der Waals surface area (Å²) in [5.74, 6) is -0.573. The fourth-order valence-corrected chi connectivity index (χ4v) is 3.07. The molecular weight excluding hydrogens is 363 g/mol. The molecule has 2 aliphatic carbocycles. The number of aromatic nitrogens is 4. The molecule has 11 heteroatoms. The minimum absolute atomic E-state index is 0.0380. The molecule has 144 valence electrons. The van der Waals surface area contributed by atoms with Crippen LogP contribution >= 0.6 is 0 Å². The third-order valence-corrected chi connectivity index (χ3v) is 4.76. The van der Waals surface area contributed by atoms with Crippen LogP contribution in [0.2, 0.25) is 0 Å². The molecule has 0 saturated heterocycles. The van der Waals surface area contributed by atoms with Crippen molar-refractivity contribution in [1.29, 1.82) is 0 Å². The first kappa shape index (κ1) is 17.6. The molecule has 8 nitrogen and oxygen atoms in total. The average molecular weight is 381 g/mol. The summed E-state index contributed by atoms with van der Waals surface area (Å²) in [5.41, 5.74) is 5.84. The number of amides is 1. The van der Waals surface area contributed by atoms with Gasteiger partial charge in [-0.05, 0) is 19.3 Å². The van der Waals surface area contributed by atoms with E-state index in [1.54, 1.807) is 10.9 Å². The van der Waals surface area contributed by atoms with Gasteiger partial charge in [-0.1, -0.05) is 0 Å². The van der Waals surface area contributed by atoms with E-state index in [2.05, 4.69) is 25.7 Å². The molecule has 0 bridgehead atoms. The van der Waals surface area contributed by atoms with Crippen LogP contribution in [0, 0.1) is 5.92 Å². The van der Waals surface area contributed by atoms with E-state index in [-0.39, 0.29) is 35.6 Å². The van der Waals surface area contributed by atoms with Gasteiger partial charge in [0.15, 0.2) is 0 Å². The van der Waals surface area contributed by atoms with Crippen LogP contribution in [-0.2, 0) is 11.0 Å². The smallest absolute Gasteiger partial charge is 0.372 e. The van der Waals surface area contributed by atoms with Gasteiger partial charge in [-0.3, -0.25) is 9.48 Å². The van der Waals surface area contributed by atoms with Gasteiger partial charge in [0.2, 0.25) is 11.9 Å². The zero-order chi connectivity index (χ0) is 19.3. The lowest BCUT2D eigenvalue weighted by atomic mass is 10.2. The average Bonchev–Trinajstić information content (AvgIpc) is 3.52. The molecule has 0 aliphatic heterocycles. The van der Waals surface area contributed by atoms with Crippen LogP contribution in [0.4, 0.5) is 30.6 Å². The third-order valence-electron chi connectivity index (χ3n) is 4.76. The molecule has 0 aromatic carbocycles. The second-order valence-electron chi connectivity index (χ2n) is 6.82. The number of rotatable bonds is 6. The minimum Gasteiger partial charge on any atom is -0.372 e. The molecule has 1 amide bonds. The molecular formula is C16H18F3N7O. The van der Waals surface area contributed by atoms with Crippen molar-refractivity contribution in [2.45, 2.75) is 37.4 Å². The fraction of sp³-hybridized carbons (Fsp3) is 0.500. The van der Waals surface area contributed by atoms with E-state index in [1.807, 2.05) is 0 Å². The van der Waals surface area contributed by atoms with Gasteiger partial charge in [-0.15, -0.1) is 0 Å². The summed E-state index contributed by atoms with van der Waals surface area (Å²) in [6.07, 6.45) is 0.558. The first-order chi connectivity index (χ1) is 12.8. The molecule has 2 aromatic heterocycles. The van der Waals surface area contributed by atoms with Crippen LogP contribution < -0.4 is 16.4 Å². The van der Waals surface area contributed by atoms with E-state index in [0.717, 1.165) is 24.7 Å². The standard InChI is InChI=1S/C16H18F3N7O/c1-21-14-9(16(17,18)19)5-22-15(24-14)23-10-6-26(11-4-8(11)13(20)27)25-12(10)7-2-3-7/h5-8,11H,2-4H2,1H3,(H2,20,27)(H2,21,22,23,24)/t8-,11+/m0/s1. The normalized spacial score (nSPS) is 21.8. The van der Waals surface area contributed by atoms with Crippen LogP contribution in [0.25, 0.3) is 0 Å². The summed E-state index contributed by atoms with van der Waals surface area (Å²) in [7, 11) is 1.37. The first-order valence-electron chi connectivity index (χ1n) is 8.55. The largest absolute Gasteiger partial charge is 0.421 e. The highest BCUT2D eigenvalue weighted by molar-refractivity contribution is 5.80. The number of anilines is 3. The number of nitrogens with one attached hydrogen (secondary N) is 2. The molecule has 2 heterocycles. The quantitative estimate of drug-likeness (QED) is 0.709. The maximum Gasteiger partial charge on any atom is 0.421 e. The number of primary amides is 1. The van der Waals surface area contributed by atoms with Crippen LogP contribution in [0.15, 0.2) is 12.4 Å². The Bertz CT molecular complexity index is 891. The van der Waals surface area contributed by atoms with Crippen molar-refractivity contribution in [2.75, 3.05) is 17.7 Å². The molecule has 2 aliphatic rings. The predicted octanol–water partition coefficient (Wildman–Crippen LogP) is 2.40. The van der Waals surface area contributed by atoms with Gasteiger partial charge in [-0.25, -0.2) is 4.98 Å². The molecule has 4 N–H and O–H groups in total. The fourth-order valence-electron chi connectivity index (χ4n) is 3.07. The van der Waals surface area contributed by atoms with Crippen molar-refractivity contribution in [1.82, 2.24) is 19.7 Å². The summed E-state index contributed by atoms with van der Waals surface area (Å²) >= 11 is 0. The number of carbonyl (C=O) groups is 1. The van der Waals surface area contributed by atoms with Crippen LogP contribution in [-0.4, -0.2) is 32.7 Å². The Balaban J connectivity index is 1.61. The highest BCUT2D eigenvalue weighted by atomic mass is 19.4. The second-order valence-corrected chi connectivity index (χ2v) is 6.82. The summed E-state index contributed by atoms with van der Waals surface area (Å²) in [6.45, 7) is 0. The van der Waals surface area contributed by atoms with Gasteiger partial charge in [0.25, 0.3) is 0 Å². The predicted molar refractivity (Wildman–Crippen MR) is 90.4 cm³/mol. The van der Waals surface area contributed by atoms with Crippen molar-refractivity contribution in [3.63, 3.8) is 0 Å². The lowest BCUT2D eigenvalue weighted by Crippen LogP contribution is -2.15. The van der Waals surface area contributed by atoms with E-state index in [4.69, 9.17) is 5.73 Å². The molecule has 0 radical (unpaired) electrons. The highest BCUT2D eigenvalue weighted by Gasteiger charge is 2.45. The molecule has 2 fully saturated rings. The molecule has 27 heavy (non-hydrogen) atoms.